The predicted molar refractivity (Wildman–Crippen MR) is 95.7 cm³/mol. The zero-order valence-corrected chi connectivity index (χ0v) is 14.6. The molecular formula is C19H24N4O2. The van der Waals surface area contributed by atoms with E-state index in [1.165, 1.54) is 0 Å². The fourth-order valence-electron chi connectivity index (χ4n) is 3.97. The van der Waals surface area contributed by atoms with Crippen molar-refractivity contribution >= 4 is 11.6 Å². The van der Waals surface area contributed by atoms with E-state index < -0.39 is 0 Å². The van der Waals surface area contributed by atoms with Gasteiger partial charge in [-0.05, 0) is 37.1 Å². The van der Waals surface area contributed by atoms with Crippen LogP contribution in [0.4, 0.5) is 5.69 Å². The molecule has 2 aromatic rings. The second-order valence-electron chi connectivity index (χ2n) is 7.00. The van der Waals surface area contributed by atoms with Crippen molar-refractivity contribution in [2.24, 2.45) is 7.05 Å². The molecule has 0 saturated carbocycles. The number of morpholine rings is 1. The third-order valence-electron chi connectivity index (χ3n) is 5.25. The molecule has 0 radical (unpaired) electrons. The molecule has 2 fully saturated rings. The number of piperidine rings is 1. The molecule has 4 rings (SSSR count). The fraction of sp³-hybridized carbons (Fsp3) is 0.474. The van der Waals surface area contributed by atoms with Gasteiger partial charge in [-0.1, -0.05) is 0 Å². The van der Waals surface area contributed by atoms with E-state index in [9.17, 15) is 4.79 Å². The first kappa shape index (κ1) is 16.1. The van der Waals surface area contributed by atoms with Gasteiger partial charge in [-0.15, -0.1) is 0 Å². The third-order valence-corrected chi connectivity index (χ3v) is 5.25. The van der Waals surface area contributed by atoms with Gasteiger partial charge in [0.2, 0.25) is 0 Å². The first-order chi connectivity index (χ1) is 12.2. The summed E-state index contributed by atoms with van der Waals surface area (Å²) < 4.78 is 8.11. The molecule has 2 saturated heterocycles. The van der Waals surface area contributed by atoms with Crippen LogP contribution in [0, 0.1) is 0 Å². The lowest BCUT2D eigenvalue weighted by atomic mass is 9.90. The van der Waals surface area contributed by atoms with Gasteiger partial charge in [0.1, 0.15) is 11.3 Å². The van der Waals surface area contributed by atoms with Crippen molar-refractivity contribution in [1.29, 1.82) is 0 Å². The van der Waals surface area contributed by atoms with E-state index in [1.54, 1.807) is 6.20 Å². The molecule has 1 amide bonds. The van der Waals surface area contributed by atoms with Crippen LogP contribution in [0.5, 0.6) is 0 Å². The van der Waals surface area contributed by atoms with Crippen LogP contribution in [-0.4, -0.2) is 58.7 Å². The molecule has 1 atom stereocenters. The van der Waals surface area contributed by atoms with E-state index in [-0.39, 0.29) is 11.5 Å². The molecular weight excluding hydrogens is 316 g/mol. The third kappa shape index (κ3) is 3.14. The zero-order chi connectivity index (χ0) is 17.3. The average Bonchev–Trinajstić information content (AvgIpc) is 3.08. The lowest BCUT2D eigenvalue weighted by molar-refractivity contribution is -0.105. The monoisotopic (exact) mass is 340 g/mol. The highest BCUT2D eigenvalue weighted by molar-refractivity contribution is 5.92. The first-order valence-corrected chi connectivity index (χ1v) is 8.86. The molecule has 25 heavy (non-hydrogen) atoms. The van der Waals surface area contributed by atoms with Gasteiger partial charge in [0, 0.05) is 39.1 Å². The van der Waals surface area contributed by atoms with Crippen molar-refractivity contribution in [1.82, 2.24) is 14.5 Å². The quantitative estimate of drug-likeness (QED) is 0.838. The average molecular weight is 340 g/mol. The minimum atomic E-state index is -0.285. The number of nitrogens with zero attached hydrogens (tertiary/aromatic N) is 4. The molecule has 1 spiro atoms. The van der Waals surface area contributed by atoms with Gasteiger partial charge in [-0.2, -0.15) is 0 Å². The first-order valence-electron chi connectivity index (χ1n) is 8.86. The van der Waals surface area contributed by atoms with Crippen LogP contribution in [0.3, 0.4) is 0 Å². The van der Waals surface area contributed by atoms with Gasteiger partial charge in [0.15, 0.2) is 0 Å². The molecule has 132 valence electrons. The summed E-state index contributed by atoms with van der Waals surface area (Å²) in [5, 5.41) is 0. The molecule has 0 aromatic carbocycles. The van der Waals surface area contributed by atoms with Crippen molar-refractivity contribution in [3.8, 4) is 0 Å². The number of ether oxygens (including phenoxy) is 1. The maximum absolute atomic E-state index is 12.9. The Balaban J connectivity index is 1.51. The Morgan fingerprint density at radius 2 is 2.16 bits per heavy atom. The largest absolute Gasteiger partial charge is 0.369 e. The van der Waals surface area contributed by atoms with E-state index in [1.807, 2.05) is 47.1 Å². The van der Waals surface area contributed by atoms with Crippen LogP contribution in [0.2, 0.25) is 0 Å². The number of carbonyl (C=O) groups excluding carboxylic acids is 1. The Bertz CT molecular complexity index is 741. The SMILES string of the molecule is Cn1cccc1C(=O)N1CCO[C@@]2(CCCN(c3cccnc3)C2)C1. The standard InChI is InChI=1S/C19H24N4O2/c1-21-9-3-6-17(21)18(24)23-11-12-25-19(15-23)7-4-10-22(14-19)16-5-2-8-20-13-16/h2-3,5-6,8-9,13H,4,7,10-12,14-15H2,1H3/t19-/m1/s1. The Morgan fingerprint density at radius 1 is 1.24 bits per heavy atom. The lowest BCUT2D eigenvalue weighted by Crippen LogP contribution is -2.61. The van der Waals surface area contributed by atoms with Gasteiger partial charge in [-0.3, -0.25) is 9.78 Å². The molecule has 6 nitrogen and oxygen atoms in total. The number of aryl methyl sites for hydroxylation is 1. The molecule has 4 heterocycles. The summed E-state index contributed by atoms with van der Waals surface area (Å²) in [6.07, 6.45) is 7.64. The Hall–Kier alpha value is -2.34. The highest BCUT2D eigenvalue weighted by atomic mass is 16.5. The minimum Gasteiger partial charge on any atom is -0.369 e. The van der Waals surface area contributed by atoms with Crippen molar-refractivity contribution in [2.75, 3.05) is 37.7 Å². The number of anilines is 1. The fourth-order valence-corrected chi connectivity index (χ4v) is 3.97. The normalized spacial score (nSPS) is 23.9. The van der Waals surface area contributed by atoms with E-state index in [4.69, 9.17) is 4.74 Å². The Kier molecular flexibility index (Phi) is 4.21. The summed E-state index contributed by atoms with van der Waals surface area (Å²) in [5.74, 6) is 0.0914. The summed E-state index contributed by atoms with van der Waals surface area (Å²) in [6.45, 7) is 3.70. The smallest absolute Gasteiger partial charge is 0.270 e. The molecule has 2 aromatic heterocycles. The number of amides is 1. The van der Waals surface area contributed by atoms with Crippen LogP contribution in [0.1, 0.15) is 23.3 Å². The topological polar surface area (TPSA) is 50.6 Å². The van der Waals surface area contributed by atoms with E-state index in [0.29, 0.717) is 19.7 Å². The second-order valence-corrected chi connectivity index (χ2v) is 7.00. The van der Waals surface area contributed by atoms with Crippen LogP contribution in [0.15, 0.2) is 42.9 Å². The van der Waals surface area contributed by atoms with Crippen LogP contribution in [-0.2, 0) is 11.8 Å². The maximum atomic E-state index is 12.9. The van der Waals surface area contributed by atoms with Crippen LogP contribution >= 0.6 is 0 Å². The number of aromatic nitrogens is 2. The molecule has 2 aliphatic rings. The Labute approximate surface area is 148 Å². The van der Waals surface area contributed by atoms with Gasteiger partial charge in [0.25, 0.3) is 5.91 Å². The van der Waals surface area contributed by atoms with Crippen molar-refractivity contribution in [3.63, 3.8) is 0 Å². The number of hydrogen-bond donors (Lipinski definition) is 0. The van der Waals surface area contributed by atoms with Crippen LogP contribution in [0.25, 0.3) is 0 Å². The summed E-state index contributed by atoms with van der Waals surface area (Å²) >= 11 is 0. The maximum Gasteiger partial charge on any atom is 0.270 e. The number of pyridine rings is 1. The molecule has 0 bridgehead atoms. The predicted octanol–water partition coefficient (Wildman–Crippen LogP) is 1.93. The molecule has 0 N–H and O–H groups in total. The summed E-state index contributed by atoms with van der Waals surface area (Å²) in [7, 11) is 1.91. The van der Waals surface area contributed by atoms with Crippen LogP contribution < -0.4 is 4.90 Å². The van der Waals surface area contributed by atoms with Gasteiger partial charge in [0.05, 0.1) is 25.0 Å². The molecule has 6 heteroatoms. The highest BCUT2D eigenvalue weighted by Crippen LogP contribution is 2.31. The van der Waals surface area contributed by atoms with Crippen molar-refractivity contribution in [3.05, 3.63) is 48.5 Å². The van der Waals surface area contributed by atoms with Crippen molar-refractivity contribution in [2.45, 2.75) is 18.4 Å². The van der Waals surface area contributed by atoms with Gasteiger partial charge >= 0.3 is 0 Å². The summed E-state index contributed by atoms with van der Waals surface area (Å²) in [4.78, 5) is 21.4. The summed E-state index contributed by atoms with van der Waals surface area (Å²) in [6, 6.07) is 7.84. The van der Waals surface area contributed by atoms with Gasteiger partial charge in [-0.25, -0.2) is 0 Å². The summed E-state index contributed by atoms with van der Waals surface area (Å²) in [5.41, 5.74) is 1.57. The van der Waals surface area contributed by atoms with E-state index in [0.717, 1.165) is 37.3 Å². The number of hydrogen-bond acceptors (Lipinski definition) is 4. The lowest BCUT2D eigenvalue weighted by Gasteiger charge is -2.48. The number of carbonyl (C=O) groups is 1. The molecule has 2 aliphatic heterocycles. The Morgan fingerprint density at radius 3 is 2.92 bits per heavy atom. The minimum absolute atomic E-state index is 0.0914. The van der Waals surface area contributed by atoms with Gasteiger partial charge < -0.3 is 19.1 Å². The van der Waals surface area contributed by atoms with E-state index >= 15 is 0 Å². The van der Waals surface area contributed by atoms with E-state index in [2.05, 4.69) is 16.0 Å². The molecule has 0 unspecified atom stereocenters. The highest BCUT2D eigenvalue weighted by Gasteiger charge is 2.42. The molecule has 0 aliphatic carbocycles. The van der Waals surface area contributed by atoms with Crippen molar-refractivity contribution < 1.29 is 9.53 Å². The number of rotatable bonds is 2. The second kappa shape index (κ2) is 6.52. The zero-order valence-electron chi connectivity index (χ0n) is 14.6.